The van der Waals surface area contributed by atoms with E-state index in [0.717, 1.165) is 31.3 Å². The molecule has 0 spiro atoms. The van der Waals surface area contributed by atoms with Crippen LogP contribution in [0.5, 0.6) is 5.75 Å². The highest BCUT2D eigenvalue weighted by atomic mass is 19.1. The fourth-order valence-electron chi connectivity index (χ4n) is 4.36. The van der Waals surface area contributed by atoms with Gasteiger partial charge in [0.05, 0.1) is 19.3 Å². The monoisotopic (exact) mass is 346 g/mol. The number of halogens is 1. The van der Waals surface area contributed by atoms with E-state index in [4.69, 9.17) is 9.47 Å². The Balaban J connectivity index is 1.85. The van der Waals surface area contributed by atoms with Gasteiger partial charge >= 0.3 is 0 Å². The lowest BCUT2D eigenvalue weighted by molar-refractivity contribution is -0.123. The zero-order valence-corrected chi connectivity index (χ0v) is 15.3. The fourth-order valence-corrected chi connectivity index (χ4v) is 4.36. The van der Waals surface area contributed by atoms with Gasteiger partial charge in [0.25, 0.3) is 0 Å². The van der Waals surface area contributed by atoms with Gasteiger partial charge in [-0.05, 0) is 54.9 Å². The Kier molecular flexibility index (Phi) is 5.28. The van der Waals surface area contributed by atoms with E-state index in [1.54, 1.807) is 12.1 Å². The molecular formula is C21H27FO3. The number of methoxy groups -OCH3 is 1. The highest BCUT2D eigenvalue weighted by Gasteiger charge is 2.49. The number of allylic oxidation sites excluding steroid dienone is 1. The third-order valence-corrected chi connectivity index (χ3v) is 5.76. The van der Waals surface area contributed by atoms with Crippen molar-refractivity contribution in [3.8, 4) is 5.75 Å². The smallest absolute Gasteiger partial charge is 0.158 e. The third kappa shape index (κ3) is 3.37. The second-order valence-electron chi connectivity index (χ2n) is 7.31. The maximum Gasteiger partial charge on any atom is 0.158 e. The van der Waals surface area contributed by atoms with Gasteiger partial charge in [0.1, 0.15) is 11.6 Å². The zero-order chi connectivity index (χ0) is 18.0. The van der Waals surface area contributed by atoms with Crippen LogP contribution in [0.15, 0.2) is 29.8 Å². The standard InChI is InChI=1S/C21H27FO3/c1-4-5-16-13-21(17(8-9-25-21)11-20(16)23)14(2)10-15-6-7-18(24-3)12-19(15)22/h6-7,11-12,14,16H,4-5,8-10,13H2,1-3H3/t14?,16-,21+/m1/s1. The molecule has 25 heavy (non-hydrogen) atoms. The Bertz CT molecular complexity index is 682. The first-order valence-corrected chi connectivity index (χ1v) is 9.21. The minimum atomic E-state index is -0.417. The van der Waals surface area contributed by atoms with E-state index in [1.165, 1.54) is 13.2 Å². The molecule has 4 heteroatoms. The van der Waals surface area contributed by atoms with Crippen molar-refractivity contribution in [2.45, 2.75) is 51.6 Å². The summed E-state index contributed by atoms with van der Waals surface area (Å²) in [7, 11) is 1.53. The first-order valence-electron chi connectivity index (χ1n) is 9.21. The second kappa shape index (κ2) is 7.28. The SMILES string of the molecule is CCC[C@@H]1C[C@@]2(C(C)Cc3ccc(OC)cc3F)OCCC2=CC1=O. The number of ether oxygens (including phenoxy) is 2. The average Bonchev–Trinajstić information content (AvgIpc) is 3.01. The van der Waals surface area contributed by atoms with Crippen molar-refractivity contribution < 1.29 is 18.7 Å². The normalized spacial score (nSPS) is 27.0. The number of fused-ring (bicyclic) bond motifs is 1. The summed E-state index contributed by atoms with van der Waals surface area (Å²) in [5.41, 5.74) is 1.35. The molecule has 0 aromatic heterocycles. The van der Waals surface area contributed by atoms with Gasteiger partial charge in [-0.1, -0.05) is 26.3 Å². The van der Waals surface area contributed by atoms with E-state index < -0.39 is 5.60 Å². The van der Waals surface area contributed by atoms with E-state index in [-0.39, 0.29) is 23.4 Å². The minimum absolute atomic E-state index is 0.0232. The molecule has 2 aliphatic rings. The van der Waals surface area contributed by atoms with E-state index in [2.05, 4.69) is 13.8 Å². The number of benzene rings is 1. The lowest BCUT2D eigenvalue weighted by atomic mass is 9.68. The molecule has 0 amide bonds. The first-order chi connectivity index (χ1) is 12.0. The average molecular weight is 346 g/mol. The lowest BCUT2D eigenvalue weighted by Gasteiger charge is -2.41. The van der Waals surface area contributed by atoms with Crippen LogP contribution in [-0.2, 0) is 16.0 Å². The predicted molar refractivity (Wildman–Crippen MR) is 95.2 cm³/mol. The van der Waals surface area contributed by atoms with Crippen LogP contribution in [0.1, 0.15) is 45.1 Å². The van der Waals surface area contributed by atoms with Crippen LogP contribution in [0.4, 0.5) is 4.39 Å². The fraction of sp³-hybridized carbons (Fsp3) is 0.571. The molecule has 0 N–H and O–H groups in total. The lowest BCUT2D eigenvalue weighted by Crippen LogP contribution is -2.44. The molecule has 0 saturated carbocycles. The molecule has 1 saturated heterocycles. The molecule has 3 nitrogen and oxygen atoms in total. The van der Waals surface area contributed by atoms with Crippen LogP contribution in [0, 0.1) is 17.7 Å². The quantitative estimate of drug-likeness (QED) is 0.761. The van der Waals surface area contributed by atoms with Crippen molar-refractivity contribution in [1.82, 2.24) is 0 Å². The molecule has 3 atom stereocenters. The van der Waals surface area contributed by atoms with Gasteiger partial charge in [0, 0.05) is 12.0 Å². The predicted octanol–water partition coefficient (Wildman–Crippen LogP) is 4.49. The van der Waals surface area contributed by atoms with Crippen LogP contribution in [0.3, 0.4) is 0 Å². The summed E-state index contributed by atoms with van der Waals surface area (Å²) < 4.78 is 25.7. The molecule has 0 bridgehead atoms. The maximum absolute atomic E-state index is 14.4. The van der Waals surface area contributed by atoms with Gasteiger partial charge < -0.3 is 9.47 Å². The van der Waals surface area contributed by atoms with Crippen molar-refractivity contribution in [3.63, 3.8) is 0 Å². The molecule has 1 aliphatic heterocycles. The Morgan fingerprint density at radius 2 is 2.24 bits per heavy atom. The van der Waals surface area contributed by atoms with Crippen molar-refractivity contribution >= 4 is 5.78 Å². The second-order valence-corrected chi connectivity index (χ2v) is 7.31. The molecular weight excluding hydrogens is 319 g/mol. The minimum Gasteiger partial charge on any atom is -0.497 e. The molecule has 1 heterocycles. The van der Waals surface area contributed by atoms with Crippen LogP contribution in [0.25, 0.3) is 0 Å². The number of rotatable bonds is 6. The van der Waals surface area contributed by atoms with Crippen molar-refractivity contribution in [2.24, 2.45) is 11.8 Å². The Morgan fingerprint density at radius 3 is 2.92 bits per heavy atom. The van der Waals surface area contributed by atoms with Crippen LogP contribution in [0.2, 0.25) is 0 Å². The molecule has 1 aliphatic carbocycles. The summed E-state index contributed by atoms with van der Waals surface area (Å²) in [5.74, 6) is 0.645. The number of hydrogen-bond acceptors (Lipinski definition) is 3. The van der Waals surface area contributed by atoms with Gasteiger partial charge in [-0.3, -0.25) is 4.79 Å². The Labute approximate surface area is 149 Å². The van der Waals surface area contributed by atoms with E-state index in [0.29, 0.717) is 24.3 Å². The van der Waals surface area contributed by atoms with Gasteiger partial charge in [-0.2, -0.15) is 0 Å². The van der Waals surface area contributed by atoms with E-state index in [9.17, 15) is 9.18 Å². The summed E-state index contributed by atoms with van der Waals surface area (Å²) in [6, 6.07) is 5.01. The molecule has 1 aromatic carbocycles. The summed E-state index contributed by atoms with van der Waals surface area (Å²) in [5, 5.41) is 0. The number of ketones is 1. The van der Waals surface area contributed by atoms with Gasteiger partial charge in [0.2, 0.25) is 0 Å². The van der Waals surface area contributed by atoms with Gasteiger partial charge in [0.15, 0.2) is 5.78 Å². The number of carbonyl (C=O) groups excluding carboxylic acids is 1. The first kappa shape index (κ1) is 18.1. The van der Waals surface area contributed by atoms with Crippen LogP contribution >= 0.6 is 0 Å². The highest BCUT2D eigenvalue weighted by molar-refractivity contribution is 5.94. The van der Waals surface area contributed by atoms with Crippen molar-refractivity contribution in [3.05, 3.63) is 41.2 Å². The van der Waals surface area contributed by atoms with Crippen LogP contribution < -0.4 is 4.74 Å². The van der Waals surface area contributed by atoms with Crippen molar-refractivity contribution in [2.75, 3.05) is 13.7 Å². The largest absolute Gasteiger partial charge is 0.497 e. The van der Waals surface area contributed by atoms with E-state index >= 15 is 0 Å². The molecule has 0 radical (unpaired) electrons. The Hall–Kier alpha value is -1.68. The summed E-state index contributed by atoms with van der Waals surface area (Å²) in [6.45, 7) is 4.86. The topological polar surface area (TPSA) is 35.5 Å². The molecule has 1 fully saturated rings. The van der Waals surface area contributed by atoms with Gasteiger partial charge in [-0.25, -0.2) is 4.39 Å². The third-order valence-electron chi connectivity index (χ3n) is 5.76. The number of hydrogen-bond donors (Lipinski definition) is 0. The van der Waals surface area contributed by atoms with Gasteiger partial charge in [-0.15, -0.1) is 0 Å². The van der Waals surface area contributed by atoms with Crippen LogP contribution in [-0.4, -0.2) is 25.1 Å². The molecule has 136 valence electrons. The van der Waals surface area contributed by atoms with Crippen molar-refractivity contribution in [1.29, 1.82) is 0 Å². The highest BCUT2D eigenvalue weighted by Crippen LogP contribution is 2.47. The van der Waals surface area contributed by atoms with E-state index in [1.807, 2.05) is 6.08 Å². The maximum atomic E-state index is 14.4. The molecule has 1 aromatic rings. The zero-order valence-electron chi connectivity index (χ0n) is 15.3. The number of carbonyl (C=O) groups is 1. The molecule has 3 rings (SSSR count). The summed E-state index contributed by atoms with van der Waals surface area (Å²) in [6.07, 6.45) is 5.80. The summed E-state index contributed by atoms with van der Waals surface area (Å²) in [4.78, 5) is 12.4. The molecule has 1 unspecified atom stereocenters. The Morgan fingerprint density at radius 1 is 1.44 bits per heavy atom. The summed E-state index contributed by atoms with van der Waals surface area (Å²) >= 11 is 0.